The molecule has 2 heterocycles. The first kappa shape index (κ1) is 32.3. The number of para-hydroxylation sites is 1. The van der Waals surface area contributed by atoms with Gasteiger partial charge in [0.15, 0.2) is 5.82 Å². The van der Waals surface area contributed by atoms with Crippen LogP contribution in [0.25, 0.3) is 100.0 Å². The second kappa shape index (κ2) is 12.5. The van der Waals surface area contributed by atoms with E-state index < -0.39 is 0 Å². The molecular weight excluding hydrogens is 681 g/mol. The Hall–Kier alpha value is -7.10. The van der Waals surface area contributed by atoms with Crippen LogP contribution in [0, 0.1) is 0 Å². The largest absolute Gasteiger partial charge is 0.456 e. The molecule has 1 aliphatic carbocycles. The molecule has 3 nitrogen and oxygen atoms in total. The van der Waals surface area contributed by atoms with Gasteiger partial charge in [-0.05, 0) is 97.7 Å². The molecule has 0 atom stereocenters. The highest BCUT2D eigenvalue weighted by Crippen LogP contribution is 2.52. The molecule has 0 bridgehead atoms. The van der Waals surface area contributed by atoms with Gasteiger partial charge in [-0.25, -0.2) is 9.97 Å². The van der Waals surface area contributed by atoms with Crippen molar-refractivity contribution in [2.45, 2.75) is 19.3 Å². The molecule has 0 saturated heterocycles. The molecule has 0 radical (unpaired) electrons. The topological polar surface area (TPSA) is 38.9 Å². The highest BCUT2D eigenvalue weighted by molar-refractivity contribution is 6.06. The summed E-state index contributed by atoms with van der Waals surface area (Å²) < 4.78 is 6.22. The van der Waals surface area contributed by atoms with Crippen LogP contribution < -0.4 is 0 Å². The smallest absolute Gasteiger partial charge is 0.161 e. The molecule has 1 aliphatic rings. The molecule has 0 spiro atoms. The van der Waals surface area contributed by atoms with Gasteiger partial charge in [0, 0.05) is 32.9 Å². The van der Waals surface area contributed by atoms with Crippen molar-refractivity contribution < 1.29 is 4.42 Å². The summed E-state index contributed by atoms with van der Waals surface area (Å²) in [5.41, 5.74) is 16.2. The standard InChI is InChI=1S/C53H36N2O/c1-53(2)45-23-10-8-20-42(45)51-43(22-13-24-46(51)53)48-32-47(54-52(55-48)41-21-12-17-34-16-6-7-18-39(34)41)38-29-36(33-14-4-3-5-15-33)28-37(30-38)35-26-27-50-44(31-35)40-19-9-11-25-49(40)56-50/h3-32H,1-2H3. The Balaban J connectivity index is 1.18. The van der Waals surface area contributed by atoms with Crippen LogP contribution >= 0.6 is 0 Å². The summed E-state index contributed by atoms with van der Waals surface area (Å²) in [5.74, 6) is 0.704. The van der Waals surface area contributed by atoms with Crippen molar-refractivity contribution in [2.24, 2.45) is 0 Å². The van der Waals surface area contributed by atoms with E-state index in [0.717, 1.165) is 83.0 Å². The van der Waals surface area contributed by atoms with E-state index in [9.17, 15) is 0 Å². The Morgan fingerprint density at radius 3 is 1.91 bits per heavy atom. The van der Waals surface area contributed by atoms with Crippen molar-refractivity contribution >= 4 is 32.7 Å². The van der Waals surface area contributed by atoms with Crippen LogP contribution in [0.5, 0.6) is 0 Å². The Bertz CT molecular complexity index is 3170. The zero-order valence-corrected chi connectivity index (χ0v) is 31.1. The van der Waals surface area contributed by atoms with Crippen LogP contribution in [0.4, 0.5) is 0 Å². The lowest BCUT2D eigenvalue weighted by atomic mass is 9.82. The molecule has 56 heavy (non-hydrogen) atoms. The van der Waals surface area contributed by atoms with Gasteiger partial charge in [0.2, 0.25) is 0 Å². The van der Waals surface area contributed by atoms with Gasteiger partial charge in [-0.3, -0.25) is 0 Å². The minimum Gasteiger partial charge on any atom is -0.456 e. The van der Waals surface area contributed by atoms with Crippen molar-refractivity contribution in [3.05, 3.63) is 193 Å². The van der Waals surface area contributed by atoms with Gasteiger partial charge in [0.1, 0.15) is 11.2 Å². The van der Waals surface area contributed by atoms with Crippen molar-refractivity contribution in [3.8, 4) is 67.3 Å². The van der Waals surface area contributed by atoms with Crippen molar-refractivity contribution in [1.82, 2.24) is 9.97 Å². The third-order valence-electron chi connectivity index (χ3n) is 11.7. The number of hydrogen-bond acceptors (Lipinski definition) is 3. The average molecular weight is 717 g/mol. The highest BCUT2D eigenvalue weighted by Gasteiger charge is 2.36. The summed E-state index contributed by atoms with van der Waals surface area (Å²) in [4.78, 5) is 10.9. The van der Waals surface area contributed by atoms with E-state index in [0.29, 0.717) is 5.82 Å². The molecule has 8 aromatic carbocycles. The molecule has 3 heteroatoms. The molecule has 0 amide bonds. The second-order valence-corrected chi connectivity index (χ2v) is 15.4. The monoisotopic (exact) mass is 716 g/mol. The lowest BCUT2D eigenvalue weighted by Gasteiger charge is -2.21. The molecule has 0 N–H and O–H groups in total. The van der Waals surface area contributed by atoms with E-state index >= 15 is 0 Å². The first-order valence-electron chi connectivity index (χ1n) is 19.2. The third-order valence-corrected chi connectivity index (χ3v) is 11.7. The van der Waals surface area contributed by atoms with Gasteiger partial charge < -0.3 is 4.42 Å². The number of rotatable bonds is 5. The third kappa shape index (κ3) is 5.12. The minimum absolute atomic E-state index is 0.128. The first-order chi connectivity index (χ1) is 27.5. The summed E-state index contributed by atoms with van der Waals surface area (Å²) in [6, 6.07) is 64.9. The normalized spacial score (nSPS) is 13.0. The predicted molar refractivity (Wildman–Crippen MR) is 232 cm³/mol. The number of furan rings is 1. The van der Waals surface area contributed by atoms with Crippen LogP contribution in [0.2, 0.25) is 0 Å². The quantitative estimate of drug-likeness (QED) is 0.178. The molecule has 10 aromatic rings. The molecule has 0 fully saturated rings. The van der Waals surface area contributed by atoms with Crippen LogP contribution in [0.3, 0.4) is 0 Å². The van der Waals surface area contributed by atoms with E-state index in [-0.39, 0.29) is 5.41 Å². The minimum atomic E-state index is -0.128. The van der Waals surface area contributed by atoms with Gasteiger partial charge in [0.25, 0.3) is 0 Å². The van der Waals surface area contributed by atoms with Crippen molar-refractivity contribution in [3.63, 3.8) is 0 Å². The number of benzene rings is 8. The van der Waals surface area contributed by atoms with Gasteiger partial charge >= 0.3 is 0 Å². The maximum atomic E-state index is 6.22. The number of hydrogen-bond donors (Lipinski definition) is 0. The Morgan fingerprint density at radius 1 is 0.393 bits per heavy atom. The van der Waals surface area contributed by atoms with E-state index in [1.165, 1.54) is 22.3 Å². The van der Waals surface area contributed by atoms with Crippen LogP contribution in [-0.2, 0) is 5.41 Å². The fraction of sp³-hybridized carbons (Fsp3) is 0.0566. The Labute approximate surface area is 325 Å². The molecule has 0 unspecified atom stereocenters. The van der Waals surface area contributed by atoms with Crippen LogP contribution in [0.1, 0.15) is 25.0 Å². The summed E-state index contributed by atoms with van der Waals surface area (Å²) >= 11 is 0. The van der Waals surface area contributed by atoms with E-state index in [2.05, 4.69) is 184 Å². The van der Waals surface area contributed by atoms with E-state index in [1.807, 2.05) is 12.1 Å². The lowest BCUT2D eigenvalue weighted by Crippen LogP contribution is -2.14. The Kier molecular flexibility index (Phi) is 7.20. The summed E-state index contributed by atoms with van der Waals surface area (Å²) in [6.45, 7) is 4.66. The SMILES string of the molecule is CC1(C)c2ccccc2-c2c(-c3cc(-c4cc(-c5ccccc5)cc(-c5ccc6oc7ccccc7c6c5)c4)nc(-c4cccc5ccccc45)n3)cccc21. The van der Waals surface area contributed by atoms with E-state index in [1.54, 1.807) is 0 Å². The summed E-state index contributed by atoms with van der Waals surface area (Å²) in [6.07, 6.45) is 0. The van der Waals surface area contributed by atoms with E-state index in [4.69, 9.17) is 14.4 Å². The fourth-order valence-electron chi connectivity index (χ4n) is 8.89. The fourth-order valence-corrected chi connectivity index (χ4v) is 8.89. The molecule has 264 valence electrons. The van der Waals surface area contributed by atoms with Gasteiger partial charge in [-0.2, -0.15) is 0 Å². The number of fused-ring (bicyclic) bond motifs is 7. The maximum absolute atomic E-state index is 6.22. The van der Waals surface area contributed by atoms with Gasteiger partial charge in [-0.1, -0.05) is 153 Å². The van der Waals surface area contributed by atoms with Crippen molar-refractivity contribution in [1.29, 1.82) is 0 Å². The lowest BCUT2D eigenvalue weighted by molar-refractivity contribution is 0.660. The average Bonchev–Trinajstić information content (AvgIpc) is 3.75. The van der Waals surface area contributed by atoms with Crippen LogP contribution in [0.15, 0.2) is 186 Å². The molecular formula is C53H36N2O. The first-order valence-corrected chi connectivity index (χ1v) is 19.2. The summed E-state index contributed by atoms with van der Waals surface area (Å²) in [7, 11) is 0. The van der Waals surface area contributed by atoms with Crippen LogP contribution in [-0.4, -0.2) is 9.97 Å². The Morgan fingerprint density at radius 2 is 1.02 bits per heavy atom. The maximum Gasteiger partial charge on any atom is 0.161 e. The second-order valence-electron chi connectivity index (χ2n) is 15.4. The van der Waals surface area contributed by atoms with Gasteiger partial charge in [-0.15, -0.1) is 0 Å². The van der Waals surface area contributed by atoms with Gasteiger partial charge in [0.05, 0.1) is 11.4 Å². The zero-order chi connectivity index (χ0) is 37.4. The highest BCUT2D eigenvalue weighted by atomic mass is 16.3. The molecule has 2 aromatic heterocycles. The molecule has 0 saturated carbocycles. The molecule has 11 rings (SSSR count). The molecule has 0 aliphatic heterocycles. The number of nitrogens with zero attached hydrogens (tertiary/aromatic N) is 2. The zero-order valence-electron chi connectivity index (χ0n) is 31.1. The summed E-state index contributed by atoms with van der Waals surface area (Å²) in [5, 5.41) is 4.51. The van der Waals surface area contributed by atoms with Crippen molar-refractivity contribution in [2.75, 3.05) is 0 Å². The number of aromatic nitrogens is 2. The predicted octanol–water partition coefficient (Wildman–Crippen LogP) is 14.2.